The van der Waals surface area contributed by atoms with Crippen LogP contribution in [0.2, 0.25) is 0 Å². The molecule has 0 unspecified atom stereocenters. The minimum absolute atomic E-state index is 0.129. The molecule has 0 aliphatic carbocycles. The van der Waals surface area contributed by atoms with E-state index in [-0.39, 0.29) is 24.4 Å². The molecule has 2 nitrogen and oxygen atoms in total. The Kier molecular flexibility index (Phi) is 4.15. The molecule has 0 aromatic carbocycles. The van der Waals surface area contributed by atoms with Crippen LogP contribution in [0.15, 0.2) is 16.5 Å². The molecule has 1 rings (SSSR count). The number of hydrogen-bond acceptors (Lipinski definition) is 2. The monoisotopic (exact) mass is 234 g/mol. The molecule has 16 heavy (non-hydrogen) atoms. The van der Waals surface area contributed by atoms with E-state index in [1.165, 1.54) is 6.07 Å². The first-order chi connectivity index (χ1) is 7.42. The Balaban J connectivity index is 2.41. The van der Waals surface area contributed by atoms with Crippen molar-refractivity contribution in [3.05, 3.63) is 23.7 Å². The van der Waals surface area contributed by atoms with E-state index in [1.807, 2.05) is 6.92 Å². The fraction of sp³-hybridized carbons (Fsp3) is 0.545. The van der Waals surface area contributed by atoms with Crippen LogP contribution in [0, 0.1) is 0 Å². The van der Waals surface area contributed by atoms with E-state index in [9.17, 15) is 18.0 Å². The topological polar surface area (TPSA) is 30.2 Å². The molecular formula is C11H13F3O2. The van der Waals surface area contributed by atoms with Crippen LogP contribution in [0.25, 0.3) is 0 Å². The maximum Gasteiger partial charge on any atom is 0.389 e. The zero-order valence-corrected chi connectivity index (χ0v) is 8.93. The lowest BCUT2D eigenvalue weighted by Crippen LogP contribution is -2.08. The third-order valence-corrected chi connectivity index (χ3v) is 2.15. The molecule has 0 spiro atoms. The minimum Gasteiger partial charge on any atom is -0.458 e. The SMILES string of the molecule is CCc1ccc(C(=O)CCCC(F)(F)F)o1. The fourth-order valence-corrected chi connectivity index (χ4v) is 1.29. The summed E-state index contributed by atoms with van der Waals surface area (Å²) < 4.78 is 40.6. The summed E-state index contributed by atoms with van der Waals surface area (Å²) >= 11 is 0. The van der Waals surface area contributed by atoms with Gasteiger partial charge in [0.1, 0.15) is 5.76 Å². The Hall–Kier alpha value is -1.26. The lowest BCUT2D eigenvalue weighted by atomic mass is 10.1. The van der Waals surface area contributed by atoms with Crippen LogP contribution in [0.4, 0.5) is 13.2 Å². The summed E-state index contributed by atoms with van der Waals surface area (Å²) in [5.41, 5.74) is 0. The van der Waals surface area contributed by atoms with Crippen LogP contribution >= 0.6 is 0 Å². The van der Waals surface area contributed by atoms with Gasteiger partial charge in [-0.1, -0.05) is 6.92 Å². The van der Waals surface area contributed by atoms with E-state index in [0.717, 1.165) is 0 Å². The summed E-state index contributed by atoms with van der Waals surface area (Å²) in [6, 6.07) is 3.17. The maximum atomic E-state index is 11.8. The number of halogens is 3. The van der Waals surface area contributed by atoms with Crippen molar-refractivity contribution in [3.63, 3.8) is 0 Å². The van der Waals surface area contributed by atoms with Gasteiger partial charge in [0.25, 0.3) is 0 Å². The quantitative estimate of drug-likeness (QED) is 0.726. The molecule has 1 aromatic heterocycles. The van der Waals surface area contributed by atoms with Gasteiger partial charge >= 0.3 is 6.18 Å². The number of carbonyl (C=O) groups is 1. The molecule has 0 saturated carbocycles. The van der Waals surface area contributed by atoms with Crippen molar-refractivity contribution in [3.8, 4) is 0 Å². The lowest BCUT2D eigenvalue weighted by Gasteiger charge is -2.04. The van der Waals surface area contributed by atoms with Crippen LogP contribution in [-0.2, 0) is 6.42 Å². The van der Waals surface area contributed by atoms with Crippen LogP contribution < -0.4 is 0 Å². The van der Waals surface area contributed by atoms with Crippen molar-refractivity contribution in [1.29, 1.82) is 0 Å². The van der Waals surface area contributed by atoms with Gasteiger partial charge in [0.05, 0.1) is 0 Å². The van der Waals surface area contributed by atoms with Crippen molar-refractivity contribution in [2.45, 2.75) is 38.8 Å². The Bertz CT molecular complexity index is 352. The van der Waals surface area contributed by atoms with E-state index in [0.29, 0.717) is 12.2 Å². The number of Topliss-reactive ketones (excluding diaryl/α,β-unsaturated/α-hetero) is 1. The molecule has 0 radical (unpaired) electrons. The predicted octanol–water partition coefficient (Wildman–Crippen LogP) is 3.76. The molecule has 90 valence electrons. The first kappa shape index (κ1) is 12.8. The highest BCUT2D eigenvalue weighted by molar-refractivity contribution is 5.93. The zero-order chi connectivity index (χ0) is 12.2. The number of rotatable bonds is 5. The average Bonchev–Trinajstić information content (AvgIpc) is 2.63. The number of ketones is 1. The molecule has 1 heterocycles. The summed E-state index contributed by atoms with van der Waals surface area (Å²) in [5.74, 6) is 0.446. The number of furan rings is 1. The highest BCUT2D eigenvalue weighted by Gasteiger charge is 2.26. The largest absolute Gasteiger partial charge is 0.458 e. The van der Waals surface area contributed by atoms with E-state index < -0.39 is 12.6 Å². The van der Waals surface area contributed by atoms with Gasteiger partial charge in [0.2, 0.25) is 0 Å². The Labute approximate surface area is 91.4 Å². The first-order valence-electron chi connectivity index (χ1n) is 5.11. The van der Waals surface area contributed by atoms with Crippen molar-refractivity contribution < 1.29 is 22.4 Å². The van der Waals surface area contributed by atoms with E-state index in [2.05, 4.69) is 0 Å². The zero-order valence-electron chi connectivity index (χ0n) is 8.93. The average molecular weight is 234 g/mol. The summed E-state index contributed by atoms with van der Waals surface area (Å²) in [6.07, 6.45) is -4.78. The molecule has 0 N–H and O–H groups in total. The normalized spacial score (nSPS) is 11.8. The van der Waals surface area contributed by atoms with Gasteiger partial charge in [-0.25, -0.2) is 0 Å². The minimum atomic E-state index is -4.20. The number of alkyl halides is 3. The summed E-state index contributed by atoms with van der Waals surface area (Å²) in [4.78, 5) is 11.4. The second kappa shape index (κ2) is 5.18. The van der Waals surface area contributed by atoms with Gasteiger partial charge in [-0.15, -0.1) is 0 Å². The van der Waals surface area contributed by atoms with E-state index >= 15 is 0 Å². The van der Waals surface area contributed by atoms with Gasteiger partial charge in [0, 0.05) is 19.3 Å². The number of aryl methyl sites for hydroxylation is 1. The molecule has 0 atom stereocenters. The van der Waals surface area contributed by atoms with E-state index in [1.54, 1.807) is 6.07 Å². The van der Waals surface area contributed by atoms with Crippen LogP contribution in [-0.4, -0.2) is 12.0 Å². The summed E-state index contributed by atoms with van der Waals surface area (Å²) in [5, 5.41) is 0. The summed E-state index contributed by atoms with van der Waals surface area (Å²) in [6.45, 7) is 1.87. The lowest BCUT2D eigenvalue weighted by molar-refractivity contribution is -0.135. The molecule has 0 saturated heterocycles. The molecule has 1 aromatic rings. The Morgan fingerprint density at radius 1 is 1.38 bits per heavy atom. The molecule has 0 aliphatic rings. The number of hydrogen-bond donors (Lipinski definition) is 0. The standard InChI is InChI=1S/C11H13F3O2/c1-2-8-5-6-10(16-8)9(15)4-3-7-11(12,13)14/h5-6H,2-4,7H2,1H3. The van der Waals surface area contributed by atoms with Crippen molar-refractivity contribution >= 4 is 5.78 Å². The van der Waals surface area contributed by atoms with Gasteiger partial charge in [-0.3, -0.25) is 4.79 Å². The third kappa shape index (κ3) is 4.08. The Morgan fingerprint density at radius 3 is 2.56 bits per heavy atom. The first-order valence-corrected chi connectivity index (χ1v) is 5.11. The van der Waals surface area contributed by atoms with Crippen molar-refractivity contribution in [1.82, 2.24) is 0 Å². The van der Waals surface area contributed by atoms with Crippen molar-refractivity contribution in [2.75, 3.05) is 0 Å². The number of carbonyl (C=O) groups excluding carboxylic acids is 1. The van der Waals surface area contributed by atoms with E-state index in [4.69, 9.17) is 4.42 Å². The molecule has 5 heteroatoms. The van der Waals surface area contributed by atoms with Gasteiger partial charge < -0.3 is 4.42 Å². The predicted molar refractivity (Wildman–Crippen MR) is 52.3 cm³/mol. The molecule has 0 aliphatic heterocycles. The van der Waals surface area contributed by atoms with Crippen LogP contribution in [0.5, 0.6) is 0 Å². The molecular weight excluding hydrogens is 221 g/mol. The smallest absolute Gasteiger partial charge is 0.389 e. The second-order valence-electron chi connectivity index (χ2n) is 3.51. The third-order valence-electron chi connectivity index (χ3n) is 2.15. The molecule has 0 fully saturated rings. The summed E-state index contributed by atoms with van der Waals surface area (Å²) in [7, 11) is 0. The highest BCUT2D eigenvalue weighted by Crippen LogP contribution is 2.23. The second-order valence-corrected chi connectivity index (χ2v) is 3.51. The Morgan fingerprint density at radius 2 is 2.06 bits per heavy atom. The van der Waals surface area contributed by atoms with Crippen LogP contribution in [0.3, 0.4) is 0 Å². The fourth-order valence-electron chi connectivity index (χ4n) is 1.29. The highest BCUT2D eigenvalue weighted by atomic mass is 19.4. The van der Waals surface area contributed by atoms with Gasteiger partial charge in [-0.2, -0.15) is 13.2 Å². The van der Waals surface area contributed by atoms with Gasteiger partial charge in [0.15, 0.2) is 11.5 Å². The molecule has 0 bridgehead atoms. The van der Waals surface area contributed by atoms with Gasteiger partial charge in [-0.05, 0) is 18.6 Å². The maximum absolute atomic E-state index is 11.8. The van der Waals surface area contributed by atoms with Crippen LogP contribution in [0.1, 0.15) is 42.5 Å². The molecule has 0 amide bonds. The van der Waals surface area contributed by atoms with Crippen molar-refractivity contribution in [2.24, 2.45) is 0 Å².